The first-order valence-corrected chi connectivity index (χ1v) is 7.55. The molecule has 1 aromatic carbocycles. The van der Waals surface area contributed by atoms with Crippen molar-refractivity contribution < 1.29 is 5.11 Å². The fourth-order valence-electron chi connectivity index (χ4n) is 3.94. The fourth-order valence-corrected chi connectivity index (χ4v) is 3.94. The number of hydrogen-bond donors (Lipinski definition) is 1. The van der Waals surface area contributed by atoms with Crippen LogP contribution in [0.1, 0.15) is 62.8 Å². The van der Waals surface area contributed by atoms with Crippen LogP contribution in [0.15, 0.2) is 18.2 Å². The van der Waals surface area contributed by atoms with Crippen LogP contribution < -0.4 is 0 Å². The average Bonchev–Trinajstić information content (AvgIpc) is 2.37. The molecule has 0 radical (unpaired) electrons. The third-order valence-corrected chi connectivity index (χ3v) is 5.05. The van der Waals surface area contributed by atoms with Crippen molar-refractivity contribution in [3.05, 3.63) is 34.9 Å². The van der Waals surface area contributed by atoms with Crippen molar-refractivity contribution in [3.8, 4) is 6.07 Å². The second-order valence-corrected chi connectivity index (χ2v) is 7.01. The van der Waals surface area contributed by atoms with E-state index in [1.54, 1.807) is 0 Å². The minimum absolute atomic E-state index is 0.166. The molecule has 20 heavy (non-hydrogen) atoms. The Kier molecular flexibility index (Phi) is 4.20. The molecule has 0 bridgehead atoms. The van der Waals surface area contributed by atoms with Crippen molar-refractivity contribution >= 4 is 0 Å². The molecule has 108 valence electrons. The Labute approximate surface area is 122 Å². The summed E-state index contributed by atoms with van der Waals surface area (Å²) in [6.07, 6.45) is 3.19. The summed E-state index contributed by atoms with van der Waals surface area (Å²) in [5, 5.41) is 19.9. The van der Waals surface area contributed by atoms with Gasteiger partial charge < -0.3 is 5.11 Å². The Hall–Kier alpha value is -1.33. The molecular weight excluding hydrogens is 246 g/mol. The number of nitriles is 1. The Bertz CT molecular complexity index is 527. The molecule has 2 rings (SSSR count). The fraction of sp³-hybridized carbons (Fsp3) is 0.611. The van der Waals surface area contributed by atoms with Gasteiger partial charge in [-0.1, -0.05) is 45.7 Å². The summed E-state index contributed by atoms with van der Waals surface area (Å²) in [5.74, 6) is 0.813. The van der Waals surface area contributed by atoms with Gasteiger partial charge in [-0.2, -0.15) is 5.26 Å². The van der Waals surface area contributed by atoms with Gasteiger partial charge in [-0.05, 0) is 47.8 Å². The molecule has 0 spiro atoms. The lowest BCUT2D eigenvalue weighted by Crippen LogP contribution is -2.37. The lowest BCUT2D eigenvalue weighted by atomic mass is 9.61. The molecule has 2 heteroatoms. The SMILES string of the molecule is Cc1cc([C@@H](O)[C@@H]2[C@@H](C)CCCC2(C)C)ccc1C#N. The predicted octanol–water partition coefficient (Wildman–Crippen LogP) is 4.36. The monoisotopic (exact) mass is 271 g/mol. The van der Waals surface area contributed by atoms with Gasteiger partial charge >= 0.3 is 0 Å². The lowest BCUT2D eigenvalue weighted by Gasteiger charge is -2.45. The van der Waals surface area contributed by atoms with Crippen molar-refractivity contribution in [2.45, 2.75) is 53.1 Å². The lowest BCUT2D eigenvalue weighted by molar-refractivity contribution is -0.0293. The van der Waals surface area contributed by atoms with E-state index in [4.69, 9.17) is 5.26 Å². The molecule has 0 aromatic heterocycles. The van der Waals surface area contributed by atoms with Crippen LogP contribution in [0.5, 0.6) is 0 Å². The molecular formula is C18H25NO. The summed E-state index contributed by atoms with van der Waals surface area (Å²) in [5.41, 5.74) is 2.76. The van der Waals surface area contributed by atoms with E-state index in [0.29, 0.717) is 11.5 Å². The van der Waals surface area contributed by atoms with Gasteiger partial charge in [0.1, 0.15) is 0 Å². The highest BCUT2D eigenvalue weighted by molar-refractivity contribution is 5.40. The first-order valence-electron chi connectivity index (χ1n) is 7.55. The van der Waals surface area contributed by atoms with Crippen molar-refractivity contribution in [2.24, 2.45) is 17.3 Å². The van der Waals surface area contributed by atoms with E-state index < -0.39 is 6.10 Å². The zero-order valence-corrected chi connectivity index (χ0v) is 13.0. The van der Waals surface area contributed by atoms with E-state index in [9.17, 15) is 5.11 Å². The first-order chi connectivity index (χ1) is 9.36. The number of aliphatic hydroxyl groups is 1. The van der Waals surface area contributed by atoms with E-state index in [1.807, 2.05) is 25.1 Å². The molecule has 0 saturated heterocycles. The summed E-state index contributed by atoms with van der Waals surface area (Å²) in [6, 6.07) is 7.90. The topological polar surface area (TPSA) is 44.0 Å². The van der Waals surface area contributed by atoms with Crippen molar-refractivity contribution in [2.75, 3.05) is 0 Å². The predicted molar refractivity (Wildman–Crippen MR) is 81.1 cm³/mol. The van der Waals surface area contributed by atoms with Gasteiger partial charge in [-0.25, -0.2) is 0 Å². The van der Waals surface area contributed by atoms with Crippen LogP contribution in [0.4, 0.5) is 0 Å². The van der Waals surface area contributed by atoms with Crippen molar-refractivity contribution in [1.82, 2.24) is 0 Å². The number of nitrogens with zero attached hydrogens (tertiary/aromatic N) is 1. The molecule has 0 unspecified atom stereocenters. The molecule has 1 aliphatic rings. The smallest absolute Gasteiger partial charge is 0.0994 e. The van der Waals surface area contributed by atoms with Crippen LogP contribution in [0, 0.1) is 35.5 Å². The number of aliphatic hydroxyl groups excluding tert-OH is 1. The van der Waals surface area contributed by atoms with Crippen LogP contribution in [-0.4, -0.2) is 5.11 Å². The van der Waals surface area contributed by atoms with E-state index in [2.05, 4.69) is 26.8 Å². The molecule has 0 amide bonds. The maximum Gasteiger partial charge on any atom is 0.0994 e. The molecule has 0 aliphatic heterocycles. The van der Waals surface area contributed by atoms with E-state index in [0.717, 1.165) is 11.1 Å². The van der Waals surface area contributed by atoms with Gasteiger partial charge in [0.15, 0.2) is 0 Å². The van der Waals surface area contributed by atoms with E-state index in [-0.39, 0.29) is 11.3 Å². The van der Waals surface area contributed by atoms with Crippen molar-refractivity contribution in [3.63, 3.8) is 0 Å². The third-order valence-electron chi connectivity index (χ3n) is 5.05. The number of rotatable bonds is 2. The van der Waals surface area contributed by atoms with Crippen LogP contribution in [0.2, 0.25) is 0 Å². The number of aryl methyl sites for hydroxylation is 1. The first kappa shape index (κ1) is 15.1. The molecule has 1 aromatic rings. The van der Waals surface area contributed by atoms with Gasteiger partial charge in [0.05, 0.1) is 17.7 Å². The normalized spacial score (nSPS) is 26.8. The van der Waals surface area contributed by atoms with Crippen LogP contribution in [0.3, 0.4) is 0 Å². The molecule has 2 nitrogen and oxygen atoms in total. The Morgan fingerprint density at radius 2 is 2.10 bits per heavy atom. The molecule has 1 aliphatic carbocycles. The van der Waals surface area contributed by atoms with E-state index >= 15 is 0 Å². The van der Waals surface area contributed by atoms with Crippen molar-refractivity contribution in [1.29, 1.82) is 5.26 Å². The number of hydrogen-bond acceptors (Lipinski definition) is 2. The van der Waals surface area contributed by atoms with Crippen LogP contribution in [0.25, 0.3) is 0 Å². The van der Waals surface area contributed by atoms with Gasteiger partial charge in [0, 0.05) is 0 Å². The Morgan fingerprint density at radius 3 is 2.65 bits per heavy atom. The summed E-state index contributed by atoms with van der Waals surface area (Å²) in [7, 11) is 0. The molecule has 1 fully saturated rings. The zero-order valence-electron chi connectivity index (χ0n) is 13.0. The molecule has 0 heterocycles. The van der Waals surface area contributed by atoms with Crippen LogP contribution >= 0.6 is 0 Å². The zero-order chi connectivity index (χ0) is 14.9. The average molecular weight is 271 g/mol. The minimum atomic E-state index is -0.438. The highest BCUT2D eigenvalue weighted by Gasteiger charge is 2.41. The Morgan fingerprint density at radius 1 is 1.40 bits per heavy atom. The highest BCUT2D eigenvalue weighted by Crippen LogP contribution is 2.49. The molecule has 1 N–H and O–H groups in total. The summed E-state index contributed by atoms with van der Waals surface area (Å²) < 4.78 is 0. The third kappa shape index (κ3) is 2.74. The maximum absolute atomic E-state index is 10.9. The van der Waals surface area contributed by atoms with Gasteiger partial charge in [-0.3, -0.25) is 0 Å². The Balaban J connectivity index is 2.32. The maximum atomic E-state index is 10.9. The van der Waals surface area contributed by atoms with E-state index in [1.165, 1.54) is 19.3 Å². The standard InChI is InChI=1S/C18H25NO/c1-12-6-5-9-18(3,4)16(12)17(20)14-7-8-15(11-19)13(2)10-14/h7-8,10,12,16-17,20H,5-6,9H2,1-4H3/t12-,16-,17+/m0/s1. The summed E-state index contributed by atoms with van der Waals surface area (Å²) >= 11 is 0. The van der Waals surface area contributed by atoms with Gasteiger partial charge in [0.25, 0.3) is 0 Å². The minimum Gasteiger partial charge on any atom is -0.388 e. The summed E-state index contributed by atoms with van der Waals surface area (Å²) in [4.78, 5) is 0. The summed E-state index contributed by atoms with van der Waals surface area (Å²) in [6.45, 7) is 8.73. The van der Waals surface area contributed by atoms with Crippen LogP contribution in [-0.2, 0) is 0 Å². The number of benzene rings is 1. The van der Waals surface area contributed by atoms with Gasteiger partial charge in [0.2, 0.25) is 0 Å². The molecule has 3 atom stereocenters. The van der Waals surface area contributed by atoms with Gasteiger partial charge in [-0.15, -0.1) is 0 Å². The highest BCUT2D eigenvalue weighted by atomic mass is 16.3. The molecule has 1 saturated carbocycles. The quantitative estimate of drug-likeness (QED) is 0.868. The second-order valence-electron chi connectivity index (χ2n) is 7.01. The largest absolute Gasteiger partial charge is 0.388 e. The second kappa shape index (κ2) is 5.58.